The second-order valence-electron chi connectivity index (χ2n) is 2.14. The Hall–Kier alpha value is -1.27. The molecular formula is C8H6ClFN2. The number of halogens is 2. The van der Waals surface area contributed by atoms with Gasteiger partial charge in [-0.15, -0.1) is 0 Å². The zero-order chi connectivity index (χ0) is 8.97. The molecule has 0 aliphatic heterocycles. The fourth-order valence-corrected chi connectivity index (χ4v) is 0.926. The van der Waals surface area contributed by atoms with Crippen LogP contribution in [0.25, 0.3) is 0 Å². The van der Waals surface area contributed by atoms with Crippen molar-refractivity contribution in [2.24, 2.45) is 0 Å². The largest absolute Gasteiger partial charge is 0.370 e. The molecule has 2 nitrogen and oxygen atoms in total. The summed E-state index contributed by atoms with van der Waals surface area (Å²) in [6.07, 6.45) is 0. The van der Waals surface area contributed by atoms with E-state index in [2.05, 4.69) is 5.32 Å². The van der Waals surface area contributed by atoms with Crippen LogP contribution in [0.1, 0.15) is 0 Å². The van der Waals surface area contributed by atoms with Gasteiger partial charge in [-0.2, -0.15) is 5.26 Å². The van der Waals surface area contributed by atoms with Crippen molar-refractivity contribution in [3.8, 4) is 6.07 Å². The maximum Gasteiger partial charge on any atom is 0.147 e. The Morgan fingerprint density at radius 2 is 2.33 bits per heavy atom. The first-order chi connectivity index (χ1) is 5.74. The molecule has 0 saturated carbocycles. The maximum atomic E-state index is 12.9. The number of hydrogen-bond donors (Lipinski definition) is 1. The molecule has 0 saturated heterocycles. The number of rotatable bonds is 2. The van der Waals surface area contributed by atoms with E-state index in [0.717, 1.165) is 0 Å². The summed E-state index contributed by atoms with van der Waals surface area (Å²) in [5.74, 6) is -0.447. The summed E-state index contributed by atoms with van der Waals surface area (Å²) >= 11 is 5.52. The van der Waals surface area contributed by atoms with Gasteiger partial charge in [0, 0.05) is 5.02 Å². The number of benzene rings is 1. The molecule has 1 N–H and O–H groups in total. The molecule has 62 valence electrons. The molecular weight excluding hydrogens is 179 g/mol. The lowest BCUT2D eigenvalue weighted by Crippen LogP contribution is -2.00. The summed E-state index contributed by atoms with van der Waals surface area (Å²) in [5, 5.41) is 11.1. The Kier molecular flexibility index (Phi) is 2.89. The molecule has 0 heterocycles. The molecule has 0 aliphatic carbocycles. The van der Waals surface area contributed by atoms with Gasteiger partial charge in [-0.1, -0.05) is 11.6 Å². The predicted octanol–water partition coefficient (Wildman–Crippen LogP) is 2.41. The highest BCUT2D eigenvalue weighted by Crippen LogP contribution is 2.18. The fourth-order valence-electron chi connectivity index (χ4n) is 0.768. The Labute approximate surface area is 74.6 Å². The normalized spacial score (nSPS) is 9.08. The number of nitriles is 1. The van der Waals surface area contributed by atoms with Gasteiger partial charge in [0.05, 0.1) is 11.8 Å². The monoisotopic (exact) mass is 184 g/mol. The van der Waals surface area contributed by atoms with E-state index in [1.54, 1.807) is 6.07 Å². The summed E-state index contributed by atoms with van der Waals surface area (Å²) in [6.45, 7) is 0.0819. The van der Waals surface area contributed by atoms with Crippen molar-refractivity contribution in [3.05, 3.63) is 29.0 Å². The van der Waals surface area contributed by atoms with Crippen LogP contribution < -0.4 is 5.32 Å². The molecule has 0 aromatic heterocycles. The second kappa shape index (κ2) is 3.93. The van der Waals surface area contributed by atoms with Crippen LogP contribution in [0.5, 0.6) is 0 Å². The molecule has 4 heteroatoms. The van der Waals surface area contributed by atoms with Gasteiger partial charge < -0.3 is 5.32 Å². The lowest BCUT2D eigenvalue weighted by molar-refractivity contribution is 0.631. The first kappa shape index (κ1) is 8.82. The summed E-state index contributed by atoms with van der Waals surface area (Å²) in [5.41, 5.74) is 0.293. The highest BCUT2D eigenvalue weighted by molar-refractivity contribution is 6.30. The SMILES string of the molecule is N#CCNc1ccc(Cl)cc1F. The first-order valence-corrected chi connectivity index (χ1v) is 3.67. The molecule has 0 aliphatic rings. The average molecular weight is 185 g/mol. The van der Waals surface area contributed by atoms with Gasteiger partial charge in [0.2, 0.25) is 0 Å². The van der Waals surface area contributed by atoms with E-state index in [4.69, 9.17) is 16.9 Å². The summed E-state index contributed by atoms with van der Waals surface area (Å²) in [6, 6.07) is 6.10. The van der Waals surface area contributed by atoms with Crippen LogP contribution in [0.4, 0.5) is 10.1 Å². The summed E-state index contributed by atoms with van der Waals surface area (Å²) in [4.78, 5) is 0. The topological polar surface area (TPSA) is 35.8 Å². The molecule has 1 aromatic carbocycles. The molecule has 0 bridgehead atoms. The lowest BCUT2D eigenvalue weighted by atomic mass is 10.3. The molecule has 0 spiro atoms. The molecule has 0 atom stereocenters. The van der Waals surface area contributed by atoms with Gasteiger partial charge in [-0.25, -0.2) is 4.39 Å². The summed E-state index contributed by atoms with van der Waals surface area (Å²) < 4.78 is 12.9. The molecule has 12 heavy (non-hydrogen) atoms. The Bertz CT molecular complexity index is 319. The van der Waals surface area contributed by atoms with Gasteiger partial charge in [-0.3, -0.25) is 0 Å². The van der Waals surface area contributed by atoms with Crippen molar-refractivity contribution in [3.63, 3.8) is 0 Å². The average Bonchev–Trinajstić information content (AvgIpc) is 2.03. The maximum absolute atomic E-state index is 12.9. The van der Waals surface area contributed by atoms with Crippen molar-refractivity contribution in [1.82, 2.24) is 0 Å². The zero-order valence-electron chi connectivity index (χ0n) is 6.14. The minimum atomic E-state index is -0.447. The van der Waals surface area contributed by atoms with E-state index in [-0.39, 0.29) is 6.54 Å². The van der Waals surface area contributed by atoms with Crippen LogP contribution in [0.15, 0.2) is 18.2 Å². The Balaban J connectivity index is 2.81. The van der Waals surface area contributed by atoms with Crippen LogP contribution in [-0.4, -0.2) is 6.54 Å². The van der Waals surface area contributed by atoms with Gasteiger partial charge >= 0.3 is 0 Å². The smallest absolute Gasteiger partial charge is 0.147 e. The standard InChI is InChI=1S/C8H6ClFN2/c9-6-1-2-8(7(10)5-6)12-4-3-11/h1-2,5,12H,4H2. The molecule has 0 radical (unpaired) electrons. The van der Waals surface area contributed by atoms with E-state index < -0.39 is 5.82 Å². The van der Waals surface area contributed by atoms with Crippen LogP contribution >= 0.6 is 11.6 Å². The van der Waals surface area contributed by atoms with Gasteiger partial charge in [0.25, 0.3) is 0 Å². The molecule has 0 unspecified atom stereocenters. The number of nitrogens with one attached hydrogen (secondary N) is 1. The molecule has 1 rings (SSSR count). The van der Waals surface area contributed by atoms with Crippen LogP contribution in [0.3, 0.4) is 0 Å². The van der Waals surface area contributed by atoms with Crippen molar-refractivity contribution < 1.29 is 4.39 Å². The Morgan fingerprint density at radius 1 is 1.58 bits per heavy atom. The Morgan fingerprint density at radius 3 is 2.92 bits per heavy atom. The van der Waals surface area contributed by atoms with E-state index >= 15 is 0 Å². The highest BCUT2D eigenvalue weighted by Gasteiger charge is 2.00. The first-order valence-electron chi connectivity index (χ1n) is 3.30. The van der Waals surface area contributed by atoms with Crippen molar-refractivity contribution in [1.29, 1.82) is 5.26 Å². The predicted molar refractivity (Wildman–Crippen MR) is 45.5 cm³/mol. The summed E-state index contributed by atoms with van der Waals surface area (Å²) in [7, 11) is 0. The van der Waals surface area contributed by atoms with Crippen LogP contribution in [-0.2, 0) is 0 Å². The highest BCUT2D eigenvalue weighted by atomic mass is 35.5. The number of hydrogen-bond acceptors (Lipinski definition) is 2. The van der Waals surface area contributed by atoms with Crippen molar-refractivity contribution in [2.45, 2.75) is 0 Å². The molecule has 1 aromatic rings. The van der Waals surface area contributed by atoms with Gasteiger partial charge in [0.15, 0.2) is 0 Å². The fraction of sp³-hybridized carbons (Fsp3) is 0.125. The minimum Gasteiger partial charge on any atom is -0.370 e. The van der Waals surface area contributed by atoms with Gasteiger partial charge in [-0.05, 0) is 18.2 Å². The van der Waals surface area contributed by atoms with E-state index in [1.807, 2.05) is 6.07 Å². The second-order valence-corrected chi connectivity index (χ2v) is 2.57. The third-order valence-electron chi connectivity index (χ3n) is 1.29. The van der Waals surface area contributed by atoms with E-state index in [1.165, 1.54) is 12.1 Å². The van der Waals surface area contributed by atoms with E-state index in [0.29, 0.717) is 10.7 Å². The lowest BCUT2D eigenvalue weighted by Gasteiger charge is -2.02. The number of anilines is 1. The molecule has 0 amide bonds. The van der Waals surface area contributed by atoms with Crippen LogP contribution in [0, 0.1) is 17.1 Å². The van der Waals surface area contributed by atoms with Crippen LogP contribution in [0.2, 0.25) is 5.02 Å². The van der Waals surface area contributed by atoms with Gasteiger partial charge in [0.1, 0.15) is 12.4 Å². The van der Waals surface area contributed by atoms with Crippen molar-refractivity contribution >= 4 is 17.3 Å². The third kappa shape index (κ3) is 2.11. The quantitative estimate of drug-likeness (QED) is 0.717. The number of nitrogens with zero attached hydrogens (tertiary/aromatic N) is 1. The minimum absolute atomic E-state index is 0.0819. The molecule has 0 fully saturated rings. The zero-order valence-corrected chi connectivity index (χ0v) is 6.90. The third-order valence-corrected chi connectivity index (χ3v) is 1.52. The van der Waals surface area contributed by atoms with E-state index in [9.17, 15) is 4.39 Å². The van der Waals surface area contributed by atoms with Crippen molar-refractivity contribution in [2.75, 3.05) is 11.9 Å².